The molecule has 0 heterocycles. The van der Waals surface area contributed by atoms with Gasteiger partial charge in [0.05, 0.1) is 0 Å². The van der Waals surface area contributed by atoms with E-state index in [1.807, 2.05) is 32.2 Å². The van der Waals surface area contributed by atoms with Crippen molar-refractivity contribution in [2.45, 2.75) is 26.8 Å². The number of aromatic hydroxyl groups is 1. The second kappa shape index (κ2) is 6.45. The van der Waals surface area contributed by atoms with Crippen LogP contribution in [0.15, 0.2) is 30.4 Å². The van der Waals surface area contributed by atoms with Gasteiger partial charge >= 0.3 is 0 Å². The van der Waals surface area contributed by atoms with Crippen LogP contribution in [0, 0.1) is 0 Å². The van der Waals surface area contributed by atoms with E-state index in [9.17, 15) is 5.11 Å². The fourth-order valence-electron chi connectivity index (χ4n) is 2.05. The Morgan fingerprint density at radius 3 is 2.67 bits per heavy atom. The summed E-state index contributed by atoms with van der Waals surface area (Å²) >= 11 is 0. The Hall–Kier alpha value is -1.48. The van der Waals surface area contributed by atoms with E-state index in [0.717, 1.165) is 29.9 Å². The Morgan fingerprint density at radius 2 is 2.17 bits per heavy atom. The number of phenolic OH excluding ortho intramolecular Hbond substituents is 1. The molecule has 1 rings (SSSR count). The van der Waals surface area contributed by atoms with Crippen LogP contribution in [0.4, 0.5) is 5.69 Å². The van der Waals surface area contributed by atoms with Gasteiger partial charge < -0.3 is 15.3 Å². The van der Waals surface area contributed by atoms with Crippen LogP contribution < -0.4 is 10.2 Å². The summed E-state index contributed by atoms with van der Waals surface area (Å²) in [5.74, 6) is 0.342. The SMILES string of the molecule is C=C(C)CN(C)c1ccc(C(C)NCC)c(O)c1. The highest BCUT2D eigenvalue weighted by molar-refractivity contribution is 5.54. The zero-order valence-electron chi connectivity index (χ0n) is 11.8. The van der Waals surface area contributed by atoms with Crippen molar-refractivity contribution in [2.75, 3.05) is 25.0 Å². The molecule has 0 aliphatic heterocycles. The van der Waals surface area contributed by atoms with Crippen LogP contribution in [0.1, 0.15) is 32.4 Å². The molecule has 3 nitrogen and oxygen atoms in total. The third kappa shape index (κ3) is 3.77. The number of nitrogens with zero attached hydrogens (tertiary/aromatic N) is 1. The summed E-state index contributed by atoms with van der Waals surface area (Å²) in [6.45, 7) is 11.7. The predicted octanol–water partition coefficient (Wildman–Crippen LogP) is 3.08. The van der Waals surface area contributed by atoms with Crippen LogP contribution in [0.2, 0.25) is 0 Å². The van der Waals surface area contributed by atoms with Crippen LogP contribution in [-0.2, 0) is 0 Å². The highest BCUT2D eigenvalue weighted by atomic mass is 16.3. The number of anilines is 1. The van der Waals surface area contributed by atoms with E-state index in [4.69, 9.17) is 0 Å². The second-order valence-electron chi connectivity index (χ2n) is 4.84. The first-order valence-corrected chi connectivity index (χ1v) is 6.37. The van der Waals surface area contributed by atoms with E-state index in [1.165, 1.54) is 0 Å². The number of nitrogens with one attached hydrogen (secondary N) is 1. The molecule has 2 N–H and O–H groups in total. The third-order valence-electron chi connectivity index (χ3n) is 2.94. The van der Waals surface area contributed by atoms with Gasteiger partial charge in [0, 0.05) is 37.0 Å². The van der Waals surface area contributed by atoms with E-state index >= 15 is 0 Å². The minimum absolute atomic E-state index is 0.162. The van der Waals surface area contributed by atoms with Crippen molar-refractivity contribution in [3.8, 4) is 5.75 Å². The topological polar surface area (TPSA) is 35.5 Å². The predicted molar refractivity (Wildman–Crippen MR) is 78.3 cm³/mol. The van der Waals surface area contributed by atoms with Crippen molar-refractivity contribution in [1.29, 1.82) is 0 Å². The molecule has 0 saturated carbocycles. The quantitative estimate of drug-likeness (QED) is 0.759. The molecule has 0 bridgehead atoms. The zero-order valence-corrected chi connectivity index (χ0v) is 11.8. The average Bonchev–Trinajstić information content (AvgIpc) is 2.28. The van der Waals surface area contributed by atoms with Gasteiger partial charge in [-0.2, -0.15) is 0 Å². The normalized spacial score (nSPS) is 12.2. The summed E-state index contributed by atoms with van der Waals surface area (Å²) < 4.78 is 0. The van der Waals surface area contributed by atoms with Gasteiger partial charge in [-0.1, -0.05) is 25.1 Å². The van der Waals surface area contributed by atoms with E-state index in [0.29, 0.717) is 5.75 Å². The maximum Gasteiger partial charge on any atom is 0.122 e. The van der Waals surface area contributed by atoms with Crippen LogP contribution >= 0.6 is 0 Å². The lowest BCUT2D eigenvalue weighted by molar-refractivity contribution is 0.454. The Kier molecular flexibility index (Phi) is 5.23. The maximum absolute atomic E-state index is 10.1. The molecule has 0 fully saturated rings. The molecule has 0 aliphatic carbocycles. The van der Waals surface area contributed by atoms with Crippen molar-refractivity contribution >= 4 is 5.69 Å². The van der Waals surface area contributed by atoms with E-state index in [1.54, 1.807) is 0 Å². The summed E-state index contributed by atoms with van der Waals surface area (Å²) in [5, 5.41) is 13.4. The summed E-state index contributed by atoms with van der Waals surface area (Å²) in [6, 6.07) is 5.99. The van der Waals surface area contributed by atoms with Gasteiger partial charge in [0.1, 0.15) is 5.75 Å². The molecule has 1 unspecified atom stereocenters. The van der Waals surface area contributed by atoms with Crippen molar-refractivity contribution in [1.82, 2.24) is 5.32 Å². The molecule has 0 aliphatic rings. The molecule has 0 aromatic heterocycles. The summed E-state index contributed by atoms with van der Waals surface area (Å²) in [5.41, 5.74) is 3.04. The van der Waals surface area contributed by atoms with Gasteiger partial charge in [0.25, 0.3) is 0 Å². The minimum Gasteiger partial charge on any atom is -0.508 e. The molecule has 0 amide bonds. The molecule has 0 saturated heterocycles. The van der Waals surface area contributed by atoms with Crippen LogP contribution in [-0.4, -0.2) is 25.2 Å². The standard InChI is InChI=1S/C15H24N2O/c1-6-16-12(4)14-8-7-13(9-15(14)18)17(5)10-11(2)3/h7-9,12,16,18H,2,6,10H2,1,3-5H3. The van der Waals surface area contributed by atoms with Crippen LogP contribution in [0.25, 0.3) is 0 Å². The molecular weight excluding hydrogens is 224 g/mol. The molecular formula is C15H24N2O. The fraction of sp³-hybridized carbons (Fsp3) is 0.467. The molecule has 18 heavy (non-hydrogen) atoms. The van der Waals surface area contributed by atoms with Gasteiger partial charge in [-0.3, -0.25) is 0 Å². The van der Waals surface area contributed by atoms with Crippen molar-refractivity contribution in [3.63, 3.8) is 0 Å². The summed E-state index contributed by atoms with van der Waals surface area (Å²) in [4.78, 5) is 2.07. The maximum atomic E-state index is 10.1. The largest absolute Gasteiger partial charge is 0.508 e. The monoisotopic (exact) mass is 248 g/mol. The smallest absolute Gasteiger partial charge is 0.122 e. The lowest BCUT2D eigenvalue weighted by Crippen LogP contribution is -2.20. The van der Waals surface area contributed by atoms with Crippen LogP contribution in [0.5, 0.6) is 5.75 Å². The zero-order chi connectivity index (χ0) is 13.7. The first-order valence-electron chi connectivity index (χ1n) is 6.37. The first-order chi connectivity index (χ1) is 8.45. The number of hydrogen-bond donors (Lipinski definition) is 2. The number of benzene rings is 1. The number of likely N-dealkylation sites (N-methyl/N-ethyl adjacent to an activating group) is 1. The van der Waals surface area contributed by atoms with Crippen molar-refractivity contribution < 1.29 is 5.11 Å². The molecule has 1 atom stereocenters. The average molecular weight is 248 g/mol. The molecule has 1 aromatic rings. The highest BCUT2D eigenvalue weighted by Crippen LogP contribution is 2.28. The Morgan fingerprint density at radius 1 is 1.50 bits per heavy atom. The highest BCUT2D eigenvalue weighted by Gasteiger charge is 2.11. The minimum atomic E-state index is 0.162. The van der Waals surface area contributed by atoms with Gasteiger partial charge in [0.15, 0.2) is 0 Å². The molecule has 0 radical (unpaired) electrons. The van der Waals surface area contributed by atoms with Gasteiger partial charge in [-0.15, -0.1) is 0 Å². The first kappa shape index (κ1) is 14.6. The Bertz CT molecular complexity index is 415. The Balaban J connectivity index is 2.88. The number of rotatable bonds is 6. The van der Waals surface area contributed by atoms with Crippen molar-refractivity contribution in [3.05, 3.63) is 35.9 Å². The molecule has 0 spiro atoms. The van der Waals surface area contributed by atoms with Gasteiger partial charge in [-0.25, -0.2) is 0 Å². The Labute approximate surface area is 110 Å². The number of phenols is 1. The molecule has 100 valence electrons. The summed E-state index contributed by atoms with van der Waals surface area (Å²) in [7, 11) is 2.00. The van der Waals surface area contributed by atoms with Crippen molar-refractivity contribution in [2.24, 2.45) is 0 Å². The second-order valence-corrected chi connectivity index (χ2v) is 4.84. The van der Waals surface area contributed by atoms with Gasteiger partial charge in [-0.05, 0) is 26.5 Å². The molecule has 1 aromatic carbocycles. The fourth-order valence-corrected chi connectivity index (χ4v) is 2.05. The number of hydrogen-bond acceptors (Lipinski definition) is 3. The van der Waals surface area contributed by atoms with E-state index in [2.05, 4.69) is 30.6 Å². The van der Waals surface area contributed by atoms with Crippen LogP contribution in [0.3, 0.4) is 0 Å². The lowest BCUT2D eigenvalue weighted by Gasteiger charge is -2.21. The third-order valence-corrected chi connectivity index (χ3v) is 2.94. The molecule has 3 heteroatoms. The van der Waals surface area contributed by atoms with E-state index in [-0.39, 0.29) is 6.04 Å². The summed E-state index contributed by atoms with van der Waals surface area (Å²) in [6.07, 6.45) is 0. The van der Waals surface area contributed by atoms with E-state index < -0.39 is 0 Å². The lowest BCUT2D eigenvalue weighted by atomic mass is 10.1. The van der Waals surface area contributed by atoms with Gasteiger partial charge in [0.2, 0.25) is 0 Å².